The van der Waals surface area contributed by atoms with E-state index in [1.807, 2.05) is 59.0 Å². The number of furan rings is 1. The van der Waals surface area contributed by atoms with Crippen molar-refractivity contribution in [1.82, 2.24) is 10.7 Å². The maximum absolute atomic E-state index is 12.0. The van der Waals surface area contributed by atoms with Gasteiger partial charge in [0, 0.05) is 0 Å². The van der Waals surface area contributed by atoms with Crippen molar-refractivity contribution in [2.75, 3.05) is 6.61 Å². The molecule has 0 bridgehead atoms. The van der Waals surface area contributed by atoms with E-state index in [4.69, 9.17) is 9.15 Å². The average molecular weight is 491 g/mol. The number of halogens is 1. The van der Waals surface area contributed by atoms with Crippen molar-refractivity contribution in [2.45, 2.75) is 13.0 Å². The Morgan fingerprint density at radius 3 is 2.71 bits per heavy atom. The molecule has 1 heterocycles. The lowest BCUT2D eigenvalue weighted by Crippen LogP contribution is -2.45. The summed E-state index contributed by atoms with van der Waals surface area (Å²) in [6.07, 6.45) is 1.39. The highest BCUT2D eigenvalue weighted by atomic mass is 127. The molecule has 0 spiro atoms. The summed E-state index contributed by atoms with van der Waals surface area (Å²) in [5, 5.41) is 8.48. The van der Waals surface area contributed by atoms with Crippen molar-refractivity contribution in [1.29, 1.82) is 0 Å². The molecule has 7 nitrogen and oxygen atoms in total. The highest BCUT2D eigenvalue weighted by molar-refractivity contribution is 14.1. The number of carbonyl (C=O) groups excluding carboxylic acids is 2. The minimum Gasteiger partial charge on any atom is -0.484 e. The number of hydrogen-bond donors (Lipinski definition) is 2. The molecule has 3 aromatic rings. The molecule has 0 aliphatic carbocycles. The number of amides is 2. The molecule has 0 unspecified atom stereocenters. The molecular formula is C20H18IN3O4. The van der Waals surface area contributed by atoms with Gasteiger partial charge in [-0.2, -0.15) is 5.10 Å². The second-order valence-electron chi connectivity index (χ2n) is 5.96. The van der Waals surface area contributed by atoms with Crippen LogP contribution in [0.4, 0.5) is 0 Å². The summed E-state index contributed by atoms with van der Waals surface area (Å²) in [5.41, 5.74) is 2.35. The first-order valence-corrected chi connectivity index (χ1v) is 9.58. The Hall–Kier alpha value is -2.88. The van der Waals surface area contributed by atoms with Gasteiger partial charge in [0.15, 0.2) is 10.4 Å². The third-order valence-electron chi connectivity index (χ3n) is 3.82. The third-order valence-corrected chi connectivity index (χ3v) is 4.40. The van der Waals surface area contributed by atoms with E-state index in [0.29, 0.717) is 11.5 Å². The topological polar surface area (TPSA) is 92.9 Å². The monoisotopic (exact) mass is 491 g/mol. The van der Waals surface area contributed by atoms with Gasteiger partial charge in [0.25, 0.3) is 11.8 Å². The Morgan fingerprint density at radius 1 is 1.18 bits per heavy atom. The summed E-state index contributed by atoms with van der Waals surface area (Å²) in [5.74, 6) is 0.255. The first-order chi connectivity index (χ1) is 13.5. The molecule has 3 rings (SSSR count). The van der Waals surface area contributed by atoms with Gasteiger partial charge < -0.3 is 14.5 Å². The number of nitrogens with zero attached hydrogens (tertiary/aromatic N) is 1. The predicted octanol–water partition coefficient (Wildman–Crippen LogP) is 3.07. The van der Waals surface area contributed by atoms with E-state index in [2.05, 4.69) is 15.8 Å². The van der Waals surface area contributed by atoms with Crippen LogP contribution in [-0.2, 0) is 9.59 Å². The van der Waals surface area contributed by atoms with Crippen LogP contribution in [0.2, 0.25) is 0 Å². The zero-order valence-corrected chi connectivity index (χ0v) is 17.2. The quantitative estimate of drug-likeness (QED) is 0.302. The molecule has 2 amide bonds. The van der Waals surface area contributed by atoms with Crippen LogP contribution >= 0.6 is 22.6 Å². The molecule has 28 heavy (non-hydrogen) atoms. The van der Waals surface area contributed by atoms with E-state index in [1.54, 1.807) is 25.1 Å². The Kier molecular flexibility index (Phi) is 6.64. The number of rotatable bonds is 7. The minimum absolute atomic E-state index is 0.190. The van der Waals surface area contributed by atoms with Crippen molar-refractivity contribution in [3.8, 4) is 5.75 Å². The third kappa shape index (κ3) is 5.56. The Morgan fingerprint density at radius 2 is 1.96 bits per heavy atom. The van der Waals surface area contributed by atoms with Crippen LogP contribution in [0.1, 0.15) is 12.7 Å². The summed E-state index contributed by atoms with van der Waals surface area (Å²) in [6, 6.07) is 16.2. The molecular weight excluding hydrogens is 473 g/mol. The van der Waals surface area contributed by atoms with Gasteiger partial charge in [0.05, 0.1) is 6.21 Å². The lowest BCUT2D eigenvalue weighted by Gasteiger charge is -2.13. The molecule has 144 valence electrons. The summed E-state index contributed by atoms with van der Waals surface area (Å²) in [4.78, 5) is 24.0. The van der Waals surface area contributed by atoms with Crippen molar-refractivity contribution in [3.05, 3.63) is 64.1 Å². The molecule has 8 heteroatoms. The molecule has 0 aliphatic heterocycles. The van der Waals surface area contributed by atoms with E-state index >= 15 is 0 Å². The standard InChI is InChI=1S/C20H18IN3O4/c1-13(20(26)24-22-11-17-8-9-18(21)28-17)23-19(25)12-27-16-7-6-14-4-2-3-5-15(14)10-16/h2-11,13H,12H2,1H3,(H,23,25)(H,24,26)/t13-/m0/s1. The second kappa shape index (κ2) is 9.36. The fourth-order valence-corrected chi connectivity index (χ4v) is 2.84. The maximum Gasteiger partial charge on any atom is 0.262 e. The fourth-order valence-electron chi connectivity index (χ4n) is 2.41. The van der Waals surface area contributed by atoms with Crippen LogP contribution in [0.25, 0.3) is 10.8 Å². The number of nitrogens with one attached hydrogen (secondary N) is 2. The SMILES string of the molecule is C[C@H](NC(=O)COc1ccc2ccccc2c1)C(=O)NN=Cc1ccc(I)o1. The van der Waals surface area contributed by atoms with Crippen LogP contribution in [0.5, 0.6) is 5.75 Å². The van der Waals surface area contributed by atoms with Crippen LogP contribution < -0.4 is 15.5 Å². The number of ether oxygens (including phenoxy) is 1. The minimum atomic E-state index is -0.762. The van der Waals surface area contributed by atoms with Crippen LogP contribution in [0, 0.1) is 3.77 Å². The summed E-state index contributed by atoms with van der Waals surface area (Å²) < 4.78 is 11.5. The number of fused-ring (bicyclic) bond motifs is 1. The first kappa shape index (κ1) is 19.9. The molecule has 1 atom stereocenters. The summed E-state index contributed by atoms with van der Waals surface area (Å²) in [6.45, 7) is 1.37. The lowest BCUT2D eigenvalue weighted by molar-refractivity contribution is -0.129. The Bertz CT molecular complexity index is 1020. The number of hydrogen-bond acceptors (Lipinski definition) is 5. The smallest absolute Gasteiger partial charge is 0.262 e. The van der Waals surface area contributed by atoms with Crippen molar-refractivity contribution >= 4 is 51.4 Å². The number of benzene rings is 2. The van der Waals surface area contributed by atoms with Gasteiger partial charge in [-0.25, -0.2) is 5.43 Å². The maximum atomic E-state index is 12.0. The van der Waals surface area contributed by atoms with E-state index < -0.39 is 17.9 Å². The molecule has 0 fully saturated rings. The first-order valence-electron chi connectivity index (χ1n) is 8.50. The Labute approximate surface area is 175 Å². The van der Waals surface area contributed by atoms with E-state index in [-0.39, 0.29) is 6.61 Å². The normalized spacial score (nSPS) is 12.1. The molecule has 0 aliphatic rings. The van der Waals surface area contributed by atoms with Crippen molar-refractivity contribution < 1.29 is 18.7 Å². The van der Waals surface area contributed by atoms with Gasteiger partial charge in [-0.05, 0) is 64.6 Å². The molecule has 0 saturated carbocycles. The molecule has 2 aromatic carbocycles. The zero-order valence-electron chi connectivity index (χ0n) is 15.0. The van der Waals surface area contributed by atoms with Gasteiger partial charge in [0.1, 0.15) is 17.6 Å². The van der Waals surface area contributed by atoms with Gasteiger partial charge in [-0.3, -0.25) is 9.59 Å². The largest absolute Gasteiger partial charge is 0.484 e. The van der Waals surface area contributed by atoms with E-state index in [1.165, 1.54) is 6.21 Å². The zero-order chi connectivity index (χ0) is 19.9. The van der Waals surface area contributed by atoms with E-state index in [0.717, 1.165) is 14.5 Å². The van der Waals surface area contributed by atoms with Gasteiger partial charge in [-0.15, -0.1) is 0 Å². The fraction of sp³-hybridized carbons (Fsp3) is 0.150. The number of hydrazone groups is 1. The van der Waals surface area contributed by atoms with Crippen LogP contribution in [0.3, 0.4) is 0 Å². The molecule has 0 saturated heterocycles. The van der Waals surface area contributed by atoms with Gasteiger partial charge in [0.2, 0.25) is 0 Å². The van der Waals surface area contributed by atoms with Crippen LogP contribution in [-0.4, -0.2) is 30.7 Å². The second-order valence-corrected chi connectivity index (χ2v) is 7.03. The van der Waals surface area contributed by atoms with Gasteiger partial charge in [-0.1, -0.05) is 30.3 Å². The predicted molar refractivity (Wildman–Crippen MR) is 114 cm³/mol. The molecule has 2 N–H and O–H groups in total. The highest BCUT2D eigenvalue weighted by Crippen LogP contribution is 2.20. The van der Waals surface area contributed by atoms with Crippen LogP contribution in [0.15, 0.2) is 64.1 Å². The lowest BCUT2D eigenvalue weighted by atomic mass is 10.1. The van der Waals surface area contributed by atoms with Crippen molar-refractivity contribution in [2.24, 2.45) is 5.10 Å². The Balaban J connectivity index is 1.45. The van der Waals surface area contributed by atoms with E-state index in [9.17, 15) is 9.59 Å². The molecule has 0 radical (unpaired) electrons. The highest BCUT2D eigenvalue weighted by Gasteiger charge is 2.15. The average Bonchev–Trinajstić information content (AvgIpc) is 3.11. The van der Waals surface area contributed by atoms with Gasteiger partial charge >= 0.3 is 0 Å². The summed E-state index contributed by atoms with van der Waals surface area (Å²) >= 11 is 2.03. The molecule has 1 aromatic heterocycles. The summed E-state index contributed by atoms with van der Waals surface area (Å²) in [7, 11) is 0. The van der Waals surface area contributed by atoms with Crippen molar-refractivity contribution in [3.63, 3.8) is 0 Å². The number of carbonyl (C=O) groups is 2.